The Morgan fingerprint density at radius 3 is 1.78 bits per heavy atom. The van der Waals surface area contributed by atoms with Gasteiger partial charge in [0.05, 0.1) is 0 Å². The predicted octanol–water partition coefficient (Wildman–Crippen LogP) is 2.92. The molecule has 0 aliphatic heterocycles. The van der Waals surface area contributed by atoms with Gasteiger partial charge in [0.1, 0.15) is 0 Å². The molecule has 27 heavy (non-hydrogen) atoms. The minimum atomic E-state index is -2.40. The zero-order valence-corrected chi connectivity index (χ0v) is 17.8. The van der Waals surface area contributed by atoms with E-state index < -0.39 is 35.0 Å². The second kappa shape index (κ2) is 10.2. The molecule has 0 bridgehead atoms. The molecule has 0 spiro atoms. The van der Waals surface area contributed by atoms with Gasteiger partial charge in [-0.25, -0.2) is 0 Å². The van der Waals surface area contributed by atoms with Crippen LogP contribution in [0.5, 0.6) is 23.0 Å². The molecule has 6 nitrogen and oxygen atoms in total. The number of halogens is 1. The van der Waals surface area contributed by atoms with Gasteiger partial charge in [-0.3, -0.25) is 0 Å². The van der Waals surface area contributed by atoms with Crippen molar-refractivity contribution in [1.82, 2.24) is 0 Å². The van der Waals surface area contributed by atoms with Gasteiger partial charge in [-0.05, 0) is 0 Å². The van der Waals surface area contributed by atoms with E-state index in [1.807, 2.05) is 24.3 Å². The molecule has 0 radical (unpaired) electrons. The number of hydrogen-bond donors (Lipinski definition) is 0. The number of para-hydroxylation sites is 2. The van der Waals surface area contributed by atoms with Crippen LogP contribution in [0.1, 0.15) is 0 Å². The van der Waals surface area contributed by atoms with Crippen molar-refractivity contribution >= 4 is 13.9 Å². The summed E-state index contributed by atoms with van der Waals surface area (Å²) >= 11 is -1.14. The molecular formula is C18H14IO6P2+. The third-order valence-corrected chi connectivity index (χ3v) is 6.92. The molecule has 0 saturated heterocycles. The summed E-state index contributed by atoms with van der Waals surface area (Å²) in [6, 6.07) is 24.3. The molecule has 0 aliphatic rings. The first-order valence-corrected chi connectivity index (χ1v) is 13.6. The number of hydrogen-bond acceptors (Lipinski definition) is 6. The summed E-state index contributed by atoms with van der Waals surface area (Å²) in [4.78, 5) is 0. The van der Waals surface area contributed by atoms with Crippen molar-refractivity contribution < 1.29 is 46.8 Å². The summed E-state index contributed by atoms with van der Waals surface area (Å²) in [6.07, 6.45) is 0. The molecule has 0 saturated carbocycles. The summed E-state index contributed by atoms with van der Waals surface area (Å²) in [6.45, 7) is 0. The minimum absolute atomic E-state index is 0.287. The third kappa shape index (κ3) is 6.79. The van der Waals surface area contributed by atoms with Gasteiger partial charge in [0.25, 0.3) is 0 Å². The second-order valence-electron chi connectivity index (χ2n) is 4.96. The zero-order chi connectivity index (χ0) is 18.9. The summed E-state index contributed by atoms with van der Waals surface area (Å²) < 4.78 is 45.4. The van der Waals surface area contributed by atoms with Crippen LogP contribution in [0.2, 0.25) is 0 Å². The molecule has 0 N–H and O–H groups in total. The van der Waals surface area contributed by atoms with E-state index in [1.165, 1.54) is 6.07 Å². The van der Waals surface area contributed by atoms with Crippen LogP contribution < -0.4 is 37.7 Å². The Morgan fingerprint density at radius 2 is 1.11 bits per heavy atom. The summed E-state index contributed by atoms with van der Waals surface area (Å²) in [5, 5.41) is 0. The molecule has 3 rings (SSSR count). The molecule has 3 aromatic rings. The van der Waals surface area contributed by atoms with E-state index in [-0.39, 0.29) is 5.75 Å². The first kappa shape index (κ1) is 19.5. The maximum absolute atomic E-state index is 12.1. The van der Waals surface area contributed by atoms with Gasteiger partial charge < -0.3 is 0 Å². The quantitative estimate of drug-likeness (QED) is 0.323. The fraction of sp³-hybridized carbons (Fsp3) is 0. The third-order valence-electron chi connectivity index (χ3n) is 3.01. The standard InChI is InChI=1S/C18H14IO6P2/c20-26(19-22-15-8-3-1-4-9-15)23-17-12-7-13-18(14-17)25-27(21)24-16-10-5-2-6-11-16/h1-14H/q+1. The first-order chi connectivity index (χ1) is 13.2. The van der Waals surface area contributed by atoms with Crippen LogP contribution in [0.25, 0.3) is 0 Å². The van der Waals surface area contributed by atoms with Gasteiger partial charge in [0.2, 0.25) is 0 Å². The fourth-order valence-corrected chi connectivity index (χ4v) is 5.34. The van der Waals surface area contributed by atoms with Crippen LogP contribution in [0, 0.1) is 0 Å². The van der Waals surface area contributed by atoms with Crippen molar-refractivity contribution in [3.8, 4) is 23.0 Å². The predicted molar refractivity (Wildman–Crippen MR) is 97.1 cm³/mol. The normalized spacial score (nSPS) is 11.4. The van der Waals surface area contributed by atoms with Gasteiger partial charge in [-0.1, -0.05) is 0 Å². The van der Waals surface area contributed by atoms with Crippen molar-refractivity contribution in [1.29, 1.82) is 0 Å². The monoisotopic (exact) mass is 515 g/mol. The van der Waals surface area contributed by atoms with E-state index in [1.54, 1.807) is 54.6 Å². The molecule has 138 valence electrons. The first-order valence-electron chi connectivity index (χ1n) is 7.70. The molecule has 3 aromatic carbocycles. The van der Waals surface area contributed by atoms with E-state index in [9.17, 15) is 9.13 Å². The van der Waals surface area contributed by atoms with E-state index in [4.69, 9.17) is 16.6 Å². The van der Waals surface area contributed by atoms with Gasteiger partial charge in [0.15, 0.2) is 0 Å². The summed E-state index contributed by atoms with van der Waals surface area (Å²) in [5.74, 6) is 1.73. The molecular weight excluding hydrogens is 501 g/mol. The molecule has 0 amide bonds. The molecule has 0 aromatic heterocycles. The van der Waals surface area contributed by atoms with Crippen molar-refractivity contribution in [3.05, 3.63) is 84.9 Å². The number of rotatable bonds is 9. The van der Waals surface area contributed by atoms with E-state index in [2.05, 4.69) is 0 Å². The van der Waals surface area contributed by atoms with Crippen LogP contribution in [-0.2, 0) is 9.13 Å². The van der Waals surface area contributed by atoms with Crippen molar-refractivity contribution in [3.63, 3.8) is 0 Å². The van der Waals surface area contributed by atoms with E-state index >= 15 is 0 Å². The Morgan fingerprint density at radius 1 is 0.593 bits per heavy atom. The molecule has 0 heterocycles. The Kier molecular flexibility index (Phi) is 7.39. The van der Waals surface area contributed by atoms with Crippen molar-refractivity contribution in [2.24, 2.45) is 0 Å². The topological polar surface area (TPSA) is 71.1 Å². The molecule has 2 unspecified atom stereocenters. The second-order valence-corrected chi connectivity index (χ2v) is 10.5. The van der Waals surface area contributed by atoms with Crippen LogP contribution in [-0.4, -0.2) is 0 Å². The molecule has 2 atom stereocenters. The summed E-state index contributed by atoms with van der Waals surface area (Å²) in [7, 11) is -2.40. The van der Waals surface area contributed by atoms with Crippen LogP contribution >= 0.6 is 13.9 Å². The van der Waals surface area contributed by atoms with Crippen molar-refractivity contribution in [2.45, 2.75) is 0 Å². The van der Waals surface area contributed by atoms with Gasteiger partial charge >= 0.3 is 169 Å². The van der Waals surface area contributed by atoms with Crippen molar-refractivity contribution in [2.75, 3.05) is 0 Å². The van der Waals surface area contributed by atoms with Gasteiger partial charge in [0, 0.05) is 0 Å². The van der Waals surface area contributed by atoms with E-state index in [0.29, 0.717) is 17.2 Å². The zero-order valence-electron chi connectivity index (χ0n) is 13.8. The maximum atomic E-state index is 12.1. The van der Waals surface area contributed by atoms with Gasteiger partial charge in [-0.2, -0.15) is 0 Å². The molecule has 0 aliphatic carbocycles. The SMILES string of the molecule is O=[P+](Oc1ccccc1)Oc1cccc(O[P+](=O)[I-]Oc2ccccc2)c1. The fourth-order valence-electron chi connectivity index (χ4n) is 1.90. The Balaban J connectivity index is 1.52. The van der Waals surface area contributed by atoms with Crippen LogP contribution in [0.4, 0.5) is 0 Å². The van der Waals surface area contributed by atoms with E-state index in [0.717, 1.165) is 0 Å². The Hall–Kier alpha value is -2.21. The molecule has 0 fully saturated rings. The Bertz CT molecular complexity index is 908. The summed E-state index contributed by atoms with van der Waals surface area (Å²) in [5.41, 5.74) is -1.97. The van der Waals surface area contributed by atoms with Crippen LogP contribution in [0.15, 0.2) is 84.9 Å². The Labute approximate surface area is 168 Å². The number of benzene rings is 3. The molecule has 9 heteroatoms. The average molecular weight is 515 g/mol. The van der Waals surface area contributed by atoms with Crippen LogP contribution in [0.3, 0.4) is 0 Å². The van der Waals surface area contributed by atoms with Gasteiger partial charge in [-0.15, -0.1) is 0 Å². The average Bonchev–Trinajstić information content (AvgIpc) is 2.68.